The standard InChI is InChI=1S/C13H12Cl3N3O2/c14-8-5-10(16)11(6-9(8)15)21-7-13(20)19-2-1-12-17-3-4-18-12/h3-6H,1-2,7H2,(H,17,18)(H,19,20). The second kappa shape index (κ2) is 7.54. The Kier molecular flexibility index (Phi) is 5.73. The molecule has 0 aliphatic heterocycles. The highest BCUT2D eigenvalue weighted by Crippen LogP contribution is 2.33. The predicted octanol–water partition coefficient (Wildman–Crippen LogP) is 3.11. The van der Waals surface area contributed by atoms with Crippen LogP contribution >= 0.6 is 34.8 Å². The van der Waals surface area contributed by atoms with Crippen LogP contribution in [0.4, 0.5) is 0 Å². The average Bonchev–Trinajstić information content (AvgIpc) is 2.94. The molecule has 21 heavy (non-hydrogen) atoms. The molecule has 0 saturated carbocycles. The zero-order valence-electron chi connectivity index (χ0n) is 10.8. The van der Waals surface area contributed by atoms with Crippen LogP contribution in [-0.4, -0.2) is 29.0 Å². The largest absolute Gasteiger partial charge is 0.482 e. The van der Waals surface area contributed by atoms with Crippen molar-refractivity contribution in [3.05, 3.63) is 45.4 Å². The number of carbonyl (C=O) groups excluding carboxylic acids is 1. The quantitative estimate of drug-likeness (QED) is 0.788. The SMILES string of the molecule is O=C(COc1cc(Cl)c(Cl)cc1Cl)NCCc1ncc[nH]1. The number of aromatic nitrogens is 2. The second-order valence-corrected chi connectivity index (χ2v) is 5.34. The summed E-state index contributed by atoms with van der Waals surface area (Å²) < 4.78 is 5.31. The summed E-state index contributed by atoms with van der Waals surface area (Å²) in [6.45, 7) is 0.306. The van der Waals surface area contributed by atoms with E-state index in [0.29, 0.717) is 33.8 Å². The topological polar surface area (TPSA) is 67.0 Å². The first-order valence-electron chi connectivity index (χ1n) is 6.08. The summed E-state index contributed by atoms with van der Waals surface area (Å²) in [5, 5.41) is 3.65. The fraction of sp³-hybridized carbons (Fsp3) is 0.231. The summed E-state index contributed by atoms with van der Waals surface area (Å²) in [5.41, 5.74) is 0. The lowest BCUT2D eigenvalue weighted by Gasteiger charge is -2.09. The Hall–Kier alpha value is -1.43. The van der Waals surface area contributed by atoms with Crippen molar-refractivity contribution < 1.29 is 9.53 Å². The first kappa shape index (κ1) is 15.9. The number of nitrogens with one attached hydrogen (secondary N) is 2. The summed E-state index contributed by atoms with van der Waals surface area (Å²) in [4.78, 5) is 18.6. The summed E-state index contributed by atoms with van der Waals surface area (Å²) in [6.07, 6.45) is 4.01. The lowest BCUT2D eigenvalue weighted by molar-refractivity contribution is -0.123. The molecule has 2 N–H and O–H groups in total. The number of hydrogen-bond acceptors (Lipinski definition) is 3. The molecule has 1 heterocycles. The molecule has 0 fully saturated rings. The summed E-state index contributed by atoms with van der Waals surface area (Å²) in [5.74, 6) is 0.861. The van der Waals surface area contributed by atoms with Crippen LogP contribution in [0.3, 0.4) is 0 Å². The van der Waals surface area contributed by atoms with Gasteiger partial charge in [0.25, 0.3) is 5.91 Å². The third-order valence-electron chi connectivity index (χ3n) is 2.57. The van der Waals surface area contributed by atoms with Gasteiger partial charge in [-0.2, -0.15) is 0 Å². The minimum Gasteiger partial charge on any atom is -0.482 e. The molecule has 1 aromatic heterocycles. The molecule has 0 aliphatic carbocycles. The molecule has 5 nitrogen and oxygen atoms in total. The maximum absolute atomic E-state index is 11.6. The van der Waals surface area contributed by atoms with Gasteiger partial charge in [-0.25, -0.2) is 4.98 Å². The smallest absolute Gasteiger partial charge is 0.257 e. The predicted molar refractivity (Wildman–Crippen MR) is 82.3 cm³/mol. The third kappa shape index (κ3) is 4.81. The second-order valence-electron chi connectivity index (χ2n) is 4.12. The maximum atomic E-state index is 11.6. The van der Waals surface area contributed by atoms with E-state index in [1.54, 1.807) is 12.4 Å². The van der Waals surface area contributed by atoms with E-state index in [1.807, 2.05) is 0 Å². The first-order valence-corrected chi connectivity index (χ1v) is 7.22. The number of aromatic amines is 1. The van der Waals surface area contributed by atoms with E-state index < -0.39 is 0 Å². The first-order chi connectivity index (χ1) is 10.1. The lowest BCUT2D eigenvalue weighted by Crippen LogP contribution is -2.30. The Bertz CT molecular complexity index is 617. The number of H-pyrrole nitrogens is 1. The van der Waals surface area contributed by atoms with Crippen molar-refractivity contribution in [1.82, 2.24) is 15.3 Å². The minimum absolute atomic E-state index is 0.157. The van der Waals surface area contributed by atoms with Crippen LogP contribution in [0.15, 0.2) is 24.5 Å². The van der Waals surface area contributed by atoms with E-state index in [9.17, 15) is 4.79 Å². The molecule has 0 atom stereocenters. The van der Waals surface area contributed by atoms with Crippen LogP contribution < -0.4 is 10.1 Å². The third-order valence-corrected chi connectivity index (χ3v) is 3.59. The minimum atomic E-state index is -0.260. The van der Waals surface area contributed by atoms with E-state index in [0.717, 1.165) is 5.82 Å². The molecule has 0 aliphatic rings. The summed E-state index contributed by atoms with van der Waals surface area (Å²) >= 11 is 17.6. The molecular formula is C13H12Cl3N3O2. The molecule has 8 heteroatoms. The molecule has 1 amide bonds. The molecule has 0 bridgehead atoms. The zero-order chi connectivity index (χ0) is 15.2. The van der Waals surface area contributed by atoms with Gasteiger partial charge in [-0.15, -0.1) is 0 Å². The van der Waals surface area contributed by atoms with Gasteiger partial charge in [0, 0.05) is 31.4 Å². The van der Waals surface area contributed by atoms with Gasteiger partial charge in [0.2, 0.25) is 0 Å². The van der Waals surface area contributed by atoms with Crippen LogP contribution in [0, 0.1) is 0 Å². The molecule has 0 radical (unpaired) electrons. The van der Waals surface area contributed by atoms with E-state index in [-0.39, 0.29) is 12.5 Å². The van der Waals surface area contributed by atoms with Crippen molar-refractivity contribution in [3.8, 4) is 5.75 Å². The number of carbonyl (C=O) groups is 1. The zero-order valence-corrected chi connectivity index (χ0v) is 13.1. The molecular weight excluding hydrogens is 337 g/mol. The van der Waals surface area contributed by atoms with Gasteiger partial charge >= 0.3 is 0 Å². The van der Waals surface area contributed by atoms with Gasteiger partial charge in [0.1, 0.15) is 11.6 Å². The number of hydrogen-bond donors (Lipinski definition) is 2. The summed E-state index contributed by atoms with van der Waals surface area (Å²) in [7, 11) is 0. The molecule has 2 rings (SSSR count). The van der Waals surface area contributed by atoms with E-state index in [4.69, 9.17) is 39.5 Å². The number of benzene rings is 1. The number of imidazole rings is 1. The van der Waals surface area contributed by atoms with E-state index in [2.05, 4.69) is 15.3 Å². The van der Waals surface area contributed by atoms with Gasteiger partial charge in [-0.3, -0.25) is 4.79 Å². The lowest BCUT2D eigenvalue weighted by atomic mass is 10.3. The molecule has 112 valence electrons. The van der Waals surface area contributed by atoms with Crippen LogP contribution in [0.1, 0.15) is 5.82 Å². The van der Waals surface area contributed by atoms with Crippen molar-refractivity contribution in [1.29, 1.82) is 0 Å². The van der Waals surface area contributed by atoms with Gasteiger partial charge in [0.15, 0.2) is 6.61 Å². The normalized spacial score (nSPS) is 10.4. The highest BCUT2D eigenvalue weighted by atomic mass is 35.5. The Morgan fingerprint density at radius 3 is 2.71 bits per heavy atom. The molecule has 0 saturated heterocycles. The maximum Gasteiger partial charge on any atom is 0.257 e. The number of halogens is 3. The number of rotatable bonds is 6. The fourth-order valence-electron chi connectivity index (χ4n) is 1.56. The Balaban J connectivity index is 1.77. The fourth-order valence-corrected chi connectivity index (χ4v) is 2.16. The highest BCUT2D eigenvalue weighted by molar-refractivity contribution is 6.43. The Morgan fingerprint density at radius 2 is 2.00 bits per heavy atom. The average molecular weight is 349 g/mol. The van der Waals surface area contributed by atoms with Crippen molar-refractivity contribution >= 4 is 40.7 Å². The number of amides is 1. The molecule has 0 unspecified atom stereocenters. The molecule has 1 aromatic carbocycles. The van der Waals surface area contributed by atoms with Crippen LogP contribution in [0.2, 0.25) is 15.1 Å². The van der Waals surface area contributed by atoms with Gasteiger partial charge < -0.3 is 15.0 Å². The number of nitrogens with zero attached hydrogens (tertiary/aromatic N) is 1. The van der Waals surface area contributed by atoms with Crippen molar-refractivity contribution in [2.24, 2.45) is 0 Å². The van der Waals surface area contributed by atoms with Gasteiger partial charge in [-0.1, -0.05) is 34.8 Å². The van der Waals surface area contributed by atoms with E-state index in [1.165, 1.54) is 12.1 Å². The summed E-state index contributed by atoms with van der Waals surface area (Å²) in [6, 6.07) is 2.94. The van der Waals surface area contributed by atoms with Crippen molar-refractivity contribution in [3.63, 3.8) is 0 Å². The Morgan fingerprint density at radius 1 is 1.24 bits per heavy atom. The monoisotopic (exact) mass is 347 g/mol. The van der Waals surface area contributed by atoms with Gasteiger partial charge in [-0.05, 0) is 6.07 Å². The van der Waals surface area contributed by atoms with Crippen LogP contribution in [0.25, 0.3) is 0 Å². The Labute approximate surface area is 136 Å². The highest BCUT2D eigenvalue weighted by Gasteiger charge is 2.09. The van der Waals surface area contributed by atoms with Crippen molar-refractivity contribution in [2.75, 3.05) is 13.2 Å². The van der Waals surface area contributed by atoms with E-state index >= 15 is 0 Å². The molecule has 0 spiro atoms. The van der Waals surface area contributed by atoms with Crippen LogP contribution in [0.5, 0.6) is 5.75 Å². The number of ether oxygens (including phenoxy) is 1. The van der Waals surface area contributed by atoms with Crippen LogP contribution in [-0.2, 0) is 11.2 Å². The molecule has 2 aromatic rings. The van der Waals surface area contributed by atoms with Crippen molar-refractivity contribution in [2.45, 2.75) is 6.42 Å². The van der Waals surface area contributed by atoms with Gasteiger partial charge in [0.05, 0.1) is 15.1 Å².